The largest absolute Gasteiger partial charge is 0.383 e. The molecule has 0 bridgehead atoms. The molecule has 3 heteroatoms. The lowest BCUT2D eigenvalue weighted by atomic mass is 9.80. The molecule has 110 valence electrons. The maximum atomic E-state index is 5.73. The topological polar surface area (TPSA) is 30.5 Å². The molecule has 1 aromatic carbocycles. The molecule has 0 radical (unpaired) electrons. The summed E-state index contributed by atoms with van der Waals surface area (Å²) in [6.07, 6.45) is 2.51. The normalized spacial score (nSPS) is 32.5. The summed E-state index contributed by atoms with van der Waals surface area (Å²) in [5.74, 6) is 1.52. The van der Waals surface area contributed by atoms with Crippen molar-refractivity contribution in [2.24, 2.45) is 11.3 Å². The number of rotatable bonds is 7. The summed E-state index contributed by atoms with van der Waals surface area (Å²) in [7, 11) is 1.75. The minimum absolute atomic E-state index is 0.342. The fourth-order valence-electron chi connectivity index (χ4n) is 3.64. The number of benzene rings is 1. The second-order valence-electron chi connectivity index (χ2n) is 6.19. The van der Waals surface area contributed by atoms with Gasteiger partial charge < -0.3 is 14.8 Å². The van der Waals surface area contributed by atoms with Crippen LogP contribution in [-0.2, 0) is 9.47 Å². The molecular formula is C17H25NO2. The molecular weight excluding hydrogens is 250 g/mol. The average Bonchev–Trinajstić information content (AvgIpc) is 3.18. The van der Waals surface area contributed by atoms with Gasteiger partial charge in [-0.2, -0.15) is 0 Å². The molecule has 0 amide bonds. The molecule has 2 aliphatic rings. The molecule has 0 aromatic heterocycles. The second-order valence-corrected chi connectivity index (χ2v) is 6.19. The average molecular weight is 275 g/mol. The first-order valence-corrected chi connectivity index (χ1v) is 7.68. The molecule has 1 saturated heterocycles. The first-order valence-electron chi connectivity index (χ1n) is 7.68. The van der Waals surface area contributed by atoms with Gasteiger partial charge in [-0.05, 0) is 30.2 Å². The van der Waals surface area contributed by atoms with Crippen LogP contribution in [0.2, 0.25) is 0 Å². The van der Waals surface area contributed by atoms with Gasteiger partial charge in [-0.1, -0.05) is 30.3 Å². The molecule has 1 saturated carbocycles. The fourth-order valence-corrected chi connectivity index (χ4v) is 3.64. The van der Waals surface area contributed by atoms with Gasteiger partial charge in [0.25, 0.3) is 0 Å². The first-order chi connectivity index (χ1) is 9.86. The number of hydrogen-bond donors (Lipinski definition) is 1. The third kappa shape index (κ3) is 2.90. The van der Waals surface area contributed by atoms with Crippen molar-refractivity contribution in [2.45, 2.75) is 18.8 Å². The quantitative estimate of drug-likeness (QED) is 0.775. The monoisotopic (exact) mass is 275 g/mol. The lowest BCUT2D eigenvalue weighted by molar-refractivity contribution is 0.130. The van der Waals surface area contributed by atoms with Gasteiger partial charge in [-0.15, -0.1) is 0 Å². The highest BCUT2D eigenvalue weighted by Gasteiger charge is 2.54. The number of nitrogens with one attached hydrogen (secondary N) is 1. The Morgan fingerprint density at radius 2 is 2.20 bits per heavy atom. The zero-order valence-electron chi connectivity index (χ0n) is 12.3. The van der Waals surface area contributed by atoms with Gasteiger partial charge in [0.05, 0.1) is 13.2 Å². The number of methoxy groups -OCH3 is 1. The molecule has 20 heavy (non-hydrogen) atoms. The zero-order chi connectivity index (χ0) is 13.8. The van der Waals surface area contributed by atoms with Crippen LogP contribution in [0.3, 0.4) is 0 Å². The Labute approximate surface area is 121 Å². The SMILES string of the molecule is COCCNCC1(C2CC2c2ccccc2)CCOC1. The fraction of sp³-hybridized carbons (Fsp3) is 0.647. The van der Waals surface area contributed by atoms with Gasteiger partial charge >= 0.3 is 0 Å². The molecule has 3 atom stereocenters. The highest BCUT2D eigenvalue weighted by molar-refractivity contribution is 5.27. The number of hydrogen-bond acceptors (Lipinski definition) is 3. The highest BCUT2D eigenvalue weighted by Crippen LogP contribution is 2.59. The van der Waals surface area contributed by atoms with Gasteiger partial charge in [-0.3, -0.25) is 0 Å². The second kappa shape index (κ2) is 6.25. The van der Waals surface area contributed by atoms with E-state index in [1.807, 2.05) is 0 Å². The molecule has 3 unspecified atom stereocenters. The summed E-state index contributed by atoms with van der Waals surface area (Å²) >= 11 is 0. The standard InChI is InChI=1S/C17H25NO2/c1-19-10-8-18-12-17(7-9-20-13-17)16-11-15(16)14-5-3-2-4-6-14/h2-6,15-16,18H,7-13H2,1H3. The van der Waals surface area contributed by atoms with Crippen LogP contribution < -0.4 is 5.32 Å². The van der Waals surface area contributed by atoms with E-state index in [0.717, 1.165) is 44.7 Å². The Morgan fingerprint density at radius 3 is 2.90 bits per heavy atom. The number of ether oxygens (including phenoxy) is 2. The molecule has 3 nitrogen and oxygen atoms in total. The van der Waals surface area contributed by atoms with Crippen LogP contribution in [0.5, 0.6) is 0 Å². The van der Waals surface area contributed by atoms with E-state index in [2.05, 4.69) is 35.6 Å². The van der Waals surface area contributed by atoms with Crippen molar-refractivity contribution in [3.05, 3.63) is 35.9 Å². The molecule has 2 fully saturated rings. The molecule has 1 N–H and O–H groups in total. The van der Waals surface area contributed by atoms with E-state index < -0.39 is 0 Å². The lowest BCUT2D eigenvalue weighted by Gasteiger charge is -2.28. The van der Waals surface area contributed by atoms with Crippen molar-refractivity contribution in [3.63, 3.8) is 0 Å². The minimum atomic E-state index is 0.342. The van der Waals surface area contributed by atoms with Crippen molar-refractivity contribution >= 4 is 0 Å². The smallest absolute Gasteiger partial charge is 0.0587 e. The lowest BCUT2D eigenvalue weighted by Crippen LogP contribution is -2.38. The van der Waals surface area contributed by atoms with Crippen LogP contribution >= 0.6 is 0 Å². The van der Waals surface area contributed by atoms with E-state index in [9.17, 15) is 0 Å². The zero-order valence-corrected chi connectivity index (χ0v) is 12.3. The van der Waals surface area contributed by atoms with Crippen molar-refractivity contribution < 1.29 is 9.47 Å². The van der Waals surface area contributed by atoms with E-state index in [1.165, 1.54) is 18.4 Å². The van der Waals surface area contributed by atoms with E-state index in [4.69, 9.17) is 9.47 Å². The van der Waals surface area contributed by atoms with Crippen molar-refractivity contribution in [1.29, 1.82) is 0 Å². The van der Waals surface area contributed by atoms with Crippen LogP contribution in [0.15, 0.2) is 30.3 Å². The summed E-state index contributed by atoms with van der Waals surface area (Å²) in [6.45, 7) is 4.61. The van der Waals surface area contributed by atoms with Gasteiger partial charge in [0.2, 0.25) is 0 Å². The van der Waals surface area contributed by atoms with Gasteiger partial charge in [0.15, 0.2) is 0 Å². The Hall–Kier alpha value is -0.900. The third-order valence-electron chi connectivity index (χ3n) is 4.90. The molecule has 1 aromatic rings. The molecule has 1 aliphatic carbocycles. The first kappa shape index (κ1) is 14.1. The van der Waals surface area contributed by atoms with Crippen LogP contribution in [0.1, 0.15) is 24.3 Å². The van der Waals surface area contributed by atoms with Gasteiger partial charge in [0, 0.05) is 32.2 Å². The third-order valence-corrected chi connectivity index (χ3v) is 4.90. The molecule has 1 aliphatic heterocycles. The van der Waals surface area contributed by atoms with Crippen LogP contribution in [0.25, 0.3) is 0 Å². The van der Waals surface area contributed by atoms with E-state index in [1.54, 1.807) is 7.11 Å². The van der Waals surface area contributed by atoms with Crippen LogP contribution in [-0.4, -0.2) is 40.0 Å². The Morgan fingerprint density at radius 1 is 1.35 bits per heavy atom. The van der Waals surface area contributed by atoms with Crippen LogP contribution in [0.4, 0.5) is 0 Å². The highest BCUT2D eigenvalue weighted by atomic mass is 16.5. The van der Waals surface area contributed by atoms with E-state index >= 15 is 0 Å². The van der Waals surface area contributed by atoms with Gasteiger partial charge in [-0.25, -0.2) is 0 Å². The Bertz CT molecular complexity index is 414. The maximum Gasteiger partial charge on any atom is 0.0587 e. The summed E-state index contributed by atoms with van der Waals surface area (Å²) in [5, 5.41) is 3.56. The Balaban J connectivity index is 1.61. The maximum absolute atomic E-state index is 5.73. The molecule has 1 heterocycles. The molecule has 3 rings (SSSR count). The van der Waals surface area contributed by atoms with E-state index in [0.29, 0.717) is 5.41 Å². The predicted octanol–water partition coefficient (Wildman–Crippen LogP) is 2.43. The van der Waals surface area contributed by atoms with Crippen molar-refractivity contribution in [2.75, 3.05) is 40.0 Å². The summed E-state index contributed by atoms with van der Waals surface area (Å²) in [6, 6.07) is 10.9. The predicted molar refractivity (Wildman–Crippen MR) is 79.9 cm³/mol. The minimum Gasteiger partial charge on any atom is -0.383 e. The van der Waals surface area contributed by atoms with Gasteiger partial charge in [0.1, 0.15) is 0 Å². The molecule has 0 spiro atoms. The van der Waals surface area contributed by atoms with Crippen molar-refractivity contribution in [1.82, 2.24) is 5.32 Å². The van der Waals surface area contributed by atoms with Crippen molar-refractivity contribution in [3.8, 4) is 0 Å². The summed E-state index contributed by atoms with van der Waals surface area (Å²) in [4.78, 5) is 0. The summed E-state index contributed by atoms with van der Waals surface area (Å²) in [5.41, 5.74) is 1.84. The Kier molecular flexibility index (Phi) is 4.39. The summed E-state index contributed by atoms with van der Waals surface area (Å²) < 4.78 is 10.8. The van der Waals surface area contributed by atoms with E-state index in [-0.39, 0.29) is 0 Å². The van der Waals surface area contributed by atoms with Crippen LogP contribution in [0, 0.1) is 11.3 Å².